The summed E-state index contributed by atoms with van der Waals surface area (Å²) in [6, 6.07) is 15.9. The van der Waals surface area contributed by atoms with E-state index in [0.29, 0.717) is 5.75 Å². The minimum atomic E-state index is 0.230. The summed E-state index contributed by atoms with van der Waals surface area (Å²) in [5, 5.41) is 16.5. The molecule has 1 aliphatic rings. The maximum atomic E-state index is 9.57. The Bertz CT molecular complexity index is 554. The van der Waals surface area contributed by atoms with Crippen molar-refractivity contribution in [3.63, 3.8) is 0 Å². The molecule has 18 heavy (non-hydrogen) atoms. The fourth-order valence-corrected chi connectivity index (χ4v) is 2.37. The predicted molar refractivity (Wildman–Crippen MR) is 74.0 cm³/mol. The van der Waals surface area contributed by atoms with Crippen molar-refractivity contribution >= 4 is 11.4 Å². The molecule has 1 aliphatic heterocycles. The molecule has 0 radical (unpaired) electrons. The van der Waals surface area contributed by atoms with Gasteiger partial charge in [-0.3, -0.25) is 0 Å². The topological polar surface area (TPSA) is 44.3 Å². The Balaban J connectivity index is 1.91. The van der Waals surface area contributed by atoms with Gasteiger partial charge in [-0.05, 0) is 36.2 Å². The highest BCUT2D eigenvalue weighted by molar-refractivity contribution is 5.70. The molecule has 0 saturated heterocycles. The number of rotatable bonds is 1. The van der Waals surface area contributed by atoms with Crippen LogP contribution in [0, 0.1) is 0 Å². The van der Waals surface area contributed by atoms with E-state index in [9.17, 15) is 5.11 Å². The minimum Gasteiger partial charge on any atom is -0.508 e. The minimum absolute atomic E-state index is 0.230. The Hall–Kier alpha value is -2.16. The summed E-state index contributed by atoms with van der Waals surface area (Å²) in [7, 11) is 0. The first-order chi connectivity index (χ1) is 8.83. The first-order valence-electron chi connectivity index (χ1n) is 6.21. The van der Waals surface area contributed by atoms with Crippen LogP contribution in [-0.2, 0) is 0 Å². The van der Waals surface area contributed by atoms with Gasteiger partial charge in [0.25, 0.3) is 0 Å². The van der Waals surface area contributed by atoms with Crippen molar-refractivity contribution in [1.29, 1.82) is 0 Å². The van der Waals surface area contributed by atoms with Gasteiger partial charge >= 0.3 is 0 Å². The van der Waals surface area contributed by atoms with E-state index in [2.05, 4.69) is 22.8 Å². The number of aromatic hydroxyl groups is 1. The molecule has 0 amide bonds. The molecule has 0 bridgehead atoms. The zero-order valence-corrected chi connectivity index (χ0v) is 10.1. The molecule has 2 aromatic carbocycles. The molecule has 1 unspecified atom stereocenters. The van der Waals surface area contributed by atoms with Crippen LogP contribution in [0.15, 0.2) is 48.5 Å². The van der Waals surface area contributed by atoms with E-state index in [1.165, 1.54) is 0 Å². The van der Waals surface area contributed by atoms with Gasteiger partial charge in [0.1, 0.15) is 5.75 Å². The summed E-state index contributed by atoms with van der Waals surface area (Å²) in [5.41, 5.74) is 3.37. The Labute approximate surface area is 106 Å². The van der Waals surface area contributed by atoms with Gasteiger partial charge in [-0.15, -0.1) is 0 Å². The normalized spacial score (nSPS) is 18.1. The fraction of sp³-hybridized carbons (Fsp3) is 0.200. The highest BCUT2D eigenvalue weighted by Gasteiger charge is 2.16. The smallest absolute Gasteiger partial charge is 0.115 e. The maximum Gasteiger partial charge on any atom is 0.115 e. The van der Waals surface area contributed by atoms with Crippen LogP contribution < -0.4 is 10.6 Å². The van der Waals surface area contributed by atoms with Crippen molar-refractivity contribution in [3.8, 4) is 5.75 Å². The Morgan fingerprint density at radius 3 is 2.67 bits per heavy atom. The summed E-state index contributed by atoms with van der Waals surface area (Å²) in [6.07, 6.45) is 0.984. The van der Waals surface area contributed by atoms with Crippen LogP contribution in [0.3, 0.4) is 0 Å². The van der Waals surface area contributed by atoms with Crippen molar-refractivity contribution in [3.05, 3.63) is 54.1 Å². The van der Waals surface area contributed by atoms with Gasteiger partial charge < -0.3 is 15.7 Å². The van der Waals surface area contributed by atoms with Crippen molar-refractivity contribution in [2.75, 3.05) is 17.2 Å². The average Bonchev–Trinajstić information content (AvgIpc) is 2.60. The molecule has 1 atom stereocenters. The van der Waals surface area contributed by atoms with Crippen molar-refractivity contribution < 1.29 is 5.11 Å². The van der Waals surface area contributed by atoms with E-state index in [0.717, 1.165) is 29.9 Å². The zero-order chi connectivity index (χ0) is 12.4. The highest BCUT2D eigenvalue weighted by atomic mass is 16.3. The first-order valence-corrected chi connectivity index (χ1v) is 6.21. The lowest BCUT2D eigenvalue weighted by Gasteiger charge is -2.18. The van der Waals surface area contributed by atoms with Crippen LogP contribution in [0.4, 0.5) is 11.4 Å². The van der Waals surface area contributed by atoms with Crippen LogP contribution >= 0.6 is 0 Å². The maximum absolute atomic E-state index is 9.57. The van der Waals surface area contributed by atoms with Crippen LogP contribution in [-0.4, -0.2) is 11.7 Å². The van der Waals surface area contributed by atoms with Gasteiger partial charge in [0.15, 0.2) is 0 Å². The van der Waals surface area contributed by atoms with Gasteiger partial charge in [0.2, 0.25) is 0 Å². The summed E-state index contributed by atoms with van der Waals surface area (Å²) < 4.78 is 0. The fourth-order valence-electron chi connectivity index (χ4n) is 2.37. The van der Waals surface area contributed by atoms with Gasteiger partial charge in [0.05, 0.1) is 17.4 Å². The van der Waals surface area contributed by atoms with Crippen molar-refractivity contribution in [1.82, 2.24) is 0 Å². The molecule has 3 nitrogen and oxygen atoms in total. The molecule has 3 N–H and O–H groups in total. The molecule has 0 saturated carbocycles. The third-order valence-corrected chi connectivity index (χ3v) is 3.28. The first kappa shape index (κ1) is 11.0. The van der Waals surface area contributed by atoms with Gasteiger partial charge in [-0.2, -0.15) is 0 Å². The standard InChI is InChI=1S/C15H16N2O/c18-12-5-3-4-11(10-12)13-8-9-16-14-6-1-2-7-15(14)17-13/h1-7,10,13,16-18H,8-9H2. The monoisotopic (exact) mass is 240 g/mol. The Morgan fingerprint density at radius 2 is 1.83 bits per heavy atom. The Morgan fingerprint density at radius 1 is 1.00 bits per heavy atom. The molecule has 2 aromatic rings. The quantitative estimate of drug-likeness (QED) is 0.716. The third-order valence-electron chi connectivity index (χ3n) is 3.28. The molecule has 0 spiro atoms. The number of hydrogen-bond acceptors (Lipinski definition) is 3. The number of fused-ring (bicyclic) bond motifs is 1. The summed E-state index contributed by atoms with van der Waals surface area (Å²) in [6.45, 7) is 0.921. The Kier molecular flexibility index (Phi) is 2.81. The zero-order valence-electron chi connectivity index (χ0n) is 10.1. The van der Waals surface area contributed by atoms with Crippen LogP contribution in [0.25, 0.3) is 0 Å². The van der Waals surface area contributed by atoms with E-state index in [4.69, 9.17) is 0 Å². The number of benzene rings is 2. The van der Waals surface area contributed by atoms with Gasteiger partial charge in [-0.1, -0.05) is 24.3 Å². The van der Waals surface area contributed by atoms with Crippen molar-refractivity contribution in [2.24, 2.45) is 0 Å². The van der Waals surface area contributed by atoms with Crippen LogP contribution in [0.5, 0.6) is 5.75 Å². The predicted octanol–water partition coefficient (Wildman–Crippen LogP) is 3.36. The lowest BCUT2D eigenvalue weighted by Crippen LogP contribution is -2.10. The molecule has 92 valence electrons. The summed E-state index contributed by atoms with van der Waals surface area (Å²) in [4.78, 5) is 0. The summed E-state index contributed by atoms with van der Waals surface area (Å²) >= 11 is 0. The molecular formula is C15H16N2O. The van der Waals surface area contributed by atoms with Gasteiger partial charge in [0, 0.05) is 6.54 Å². The number of hydrogen-bond donors (Lipinski definition) is 3. The van der Waals surface area contributed by atoms with E-state index >= 15 is 0 Å². The van der Waals surface area contributed by atoms with Crippen molar-refractivity contribution in [2.45, 2.75) is 12.5 Å². The van der Waals surface area contributed by atoms with E-state index in [-0.39, 0.29) is 6.04 Å². The SMILES string of the molecule is Oc1cccc(C2CCNc3ccccc3N2)c1. The number of phenolic OH excluding ortho intramolecular Hbond substituents is 1. The second kappa shape index (κ2) is 4.61. The number of anilines is 2. The molecular weight excluding hydrogens is 224 g/mol. The lowest BCUT2D eigenvalue weighted by atomic mass is 10.0. The van der Waals surface area contributed by atoms with E-state index in [1.54, 1.807) is 6.07 Å². The highest BCUT2D eigenvalue weighted by Crippen LogP contribution is 2.31. The molecule has 3 heteroatoms. The molecule has 1 heterocycles. The second-order valence-electron chi connectivity index (χ2n) is 4.55. The molecule has 0 fully saturated rings. The largest absolute Gasteiger partial charge is 0.508 e. The van der Waals surface area contributed by atoms with Gasteiger partial charge in [-0.25, -0.2) is 0 Å². The summed E-state index contributed by atoms with van der Waals surface area (Å²) in [5.74, 6) is 0.319. The molecule has 0 aliphatic carbocycles. The average molecular weight is 240 g/mol. The number of phenols is 1. The lowest BCUT2D eigenvalue weighted by molar-refractivity contribution is 0.474. The third kappa shape index (κ3) is 2.12. The van der Waals surface area contributed by atoms with E-state index in [1.807, 2.05) is 30.3 Å². The number of nitrogens with one attached hydrogen (secondary N) is 2. The van der Waals surface area contributed by atoms with E-state index < -0.39 is 0 Å². The van der Waals surface area contributed by atoms with Crippen LogP contribution in [0.2, 0.25) is 0 Å². The molecule has 0 aromatic heterocycles. The molecule has 3 rings (SSSR count). The number of para-hydroxylation sites is 2. The van der Waals surface area contributed by atoms with Crippen LogP contribution in [0.1, 0.15) is 18.0 Å². The second-order valence-corrected chi connectivity index (χ2v) is 4.55.